The zero-order valence-corrected chi connectivity index (χ0v) is 8.46. The van der Waals surface area contributed by atoms with Crippen LogP contribution in [0.15, 0.2) is 23.5 Å². The van der Waals surface area contributed by atoms with Crippen molar-refractivity contribution in [1.29, 1.82) is 0 Å². The number of phenolic OH excluding ortho intramolecular Hbond substituents is 1. The Labute approximate surface area is 91.7 Å². The average molecular weight is 225 g/mol. The Morgan fingerprint density at radius 3 is 2.81 bits per heavy atom. The van der Waals surface area contributed by atoms with E-state index in [4.69, 9.17) is 4.74 Å². The number of carbonyl (C=O) groups is 1. The van der Waals surface area contributed by atoms with Crippen LogP contribution in [0, 0.1) is 4.91 Å². The number of hydrogen-bond acceptors (Lipinski definition) is 6. The third-order valence-electron chi connectivity index (χ3n) is 1.81. The molecule has 0 saturated heterocycles. The first-order valence-electron chi connectivity index (χ1n) is 4.63. The summed E-state index contributed by atoms with van der Waals surface area (Å²) in [5, 5.41) is 11.7. The summed E-state index contributed by atoms with van der Waals surface area (Å²) in [4.78, 5) is 24.2. The van der Waals surface area contributed by atoms with E-state index >= 15 is 0 Å². The summed E-state index contributed by atoms with van der Waals surface area (Å²) in [5.74, 6) is 0.184. The summed E-state index contributed by atoms with van der Waals surface area (Å²) in [7, 11) is 0. The molecule has 6 nitrogen and oxygen atoms in total. The number of benzene rings is 1. The van der Waals surface area contributed by atoms with E-state index in [1.165, 1.54) is 18.2 Å². The number of aldehydes is 1. The van der Waals surface area contributed by atoms with Gasteiger partial charge in [-0.2, -0.15) is 0 Å². The lowest BCUT2D eigenvalue weighted by Gasteiger charge is -2.07. The van der Waals surface area contributed by atoms with E-state index in [1.54, 1.807) is 0 Å². The monoisotopic (exact) mass is 225 g/mol. The highest BCUT2D eigenvalue weighted by Crippen LogP contribution is 2.26. The van der Waals surface area contributed by atoms with Gasteiger partial charge in [-0.05, 0) is 18.2 Å². The van der Waals surface area contributed by atoms with Gasteiger partial charge in [0.1, 0.15) is 12.9 Å². The molecule has 0 atom stereocenters. The first-order valence-corrected chi connectivity index (χ1v) is 4.63. The summed E-state index contributed by atoms with van der Waals surface area (Å²) in [5.41, 5.74) is 0.373. The maximum Gasteiger partial charge on any atom is 0.160 e. The smallest absolute Gasteiger partial charge is 0.160 e. The fraction of sp³-hybridized carbons (Fsp3) is 0.300. The molecule has 0 heterocycles. The second kappa shape index (κ2) is 6.39. The number of aromatic hydroxyl groups is 1. The van der Waals surface area contributed by atoms with Gasteiger partial charge in [-0.1, -0.05) is 0 Å². The first-order chi connectivity index (χ1) is 7.77. The van der Waals surface area contributed by atoms with Crippen molar-refractivity contribution in [3.05, 3.63) is 28.7 Å². The molecular formula is C10H11NO5. The van der Waals surface area contributed by atoms with Gasteiger partial charge in [0.05, 0.1) is 6.61 Å². The number of hydrogen-bond donors (Lipinski definition) is 1. The third-order valence-corrected chi connectivity index (χ3v) is 1.81. The van der Waals surface area contributed by atoms with Crippen molar-refractivity contribution in [3.8, 4) is 11.5 Å². The molecule has 0 aliphatic carbocycles. The van der Waals surface area contributed by atoms with Crippen LogP contribution in [0.1, 0.15) is 16.8 Å². The highest BCUT2D eigenvalue weighted by atomic mass is 16.7. The van der Waals surface area contributed by atoms with E-state index < -0.39 is 0 Å². The predicted octanol–water partition coefficient (Wildman–Crippen LogP) is 1.67. The lowest BCUT2D eigenvalue weighted by atomic mass is 10.2. The average Bonchev–Trinajstić information content (AvgIpc) is 2.30. The minimum atomic E-state index is -0.0981. The van der Waals surface area contributed by atoms with Gasteiger partial charge in [-0.15, -0.1) is 4.91 Å². The maximum atomic E-state index is 10.4. The Morgan fingerprint density at radius 1 is 1.38 bits per heavy atom. The topological polar surface area (TPSA) is 85.2 Å². The Hall–Kier alpha value is -2.11. The summed E-state index contributed by atoms with van der Waals surface area (Å²) < 4.78 is 5.19. The zero-order valence-electron chi connectivity index (χ0n) is 8.46. The summed E-state index contributed by atoms with van der Waals surface area (Å²) >= 11 is 0. The van der Waals surface area contributed by atoms with E-state index in [1.807, 2.05) is 0 Å². The molecule has 0 aliphatic heterocycles. The molecule has 86 valence electrons. The standard InChI is InChI=1S/C10H11NO5/c12-7-8-2-3-10(9(13)6-8)15-4-1-5-16-11-14/h2-3,6-7,13H,1,4-5H2. The van der Waals surface area contributed by atoms with Crippen molar-refractivity contribution in [2.45, 2.75) is 6.42 Å². The van der Waals surface area contributed by atoms with Crippen molar-refractivity contribution < 1.29 is 19.5 Å². The van der Waals surface area contributed by atoms with Gasteiger partial charge in [0, 0.05) is 12.0 Å². The highest BCUT2D eigenvalue weighted by molar-refractivity contribution is 5.76. The van der Waals surface area contributed by atoms with Crippen molar-refractivity contribution >= 4 is 6.29 Å². The molecule has 0 aromatic heterocycles. The number of rotatable bonds is 7. The molecule has 0 unspecified atom stereocenters. The molecule has 1 aromatic rings. The van der Waals surface area contributed by atoms with Crippen LogP contribution >= 0.6 is 0 Å². The second-order valence-electron chi connectivity index (χ2n) is 2.95. The normalized spacial score (nSPS) is 9.50. The van der Waals surface area contributed by atoms with Crippen LogP contribution in [-0.2, 0) is 4.84 Å². The molecule has 1 aromatic carbocycles. The molecule has 6 heteroatoms. The maximum absolute atomic E-state index is 10.4. The molecule has 0 amide bonds. The molecule has 0 saturated carbocycles. The Kier molecular flexibility index (Phi) is 4.78. The molecule has 0 spiro atoms. The van der Waals surface area contributed by atoms with Gasteiger partial charge in [0.15, 0.2) is 16.8 Å². The van der Waals surface area contributed by atoms with Crippen LogP contribution in [0.4, 0.5) is 0 Å². The number of ether oxygens (including phenoxy) is 1. The Morgan fingerprint density at radius 2 is 2.19 bits per heavy atom. The van der Waals surface area contributed by atoms with Gasteiger partial charge in [0.2, 0.25) is 0 Å². The minimum absolute atomic E-state index is 0.0981. The van der Waals surface area contributed by atoms with Crippen molar-refractivity contribution in [2.24, 2.45) is 5.34 Å². The molecule has 0 fully saturated rings. The summed E-state index contributed by atoms with van der Waals surface area (Å²) in [6, 6.07) is 4.34. The third kappa shape index (κ3) is 3.56. The van der Waals surface area contributed by atoms with Crippen LogP contribution in [0.2, 0.25) is 0 Å². The summed E-state index contributed by atoms with van der Waals surface area (Å²) in [6.45, 7) is 0.445. The largest absolute Gasteiger partial charge is 0.504 e. The van der Waals surface area contributed by atoms with Gasteiger partial charge in [-0.25, -0.2) is 0 Å². The second-order valence-corrected chi connectivity index (χ2v) is 2.95. The van der Waals surface area contributed by atoms with E-state index in [-0.39, 0.29) is 24.7 Å². The minimum Gasteiger partial charge on any atom is -0.504 e. The fourth-order valence-electron chi connectivity index (χ4n) is 1.07. The van der Waals surface area contributed by atoms with Crippen molar-refractivity contribution in [3.63, 3.8) is 0 Å². The van der Waals surface area contributed by atoms with Gasteiger partial charge >= 0.3 is 0 Å². The van der Waals surface area contributed by atoms with Crippen molar-refractivity contribution in [2.75, 3.05) is 13.2 Å². The van der Waals surface area contributed by atoms with E-state index in [0.29, 0.717) is 18.3 Å². The Balaban J connectivity index is 2.42. The molecule has 0 aliphatic rings. The number of carbonyl (C=O) groups excluding carboxylic acids is 1. The zero-order chi connectivity index (χ0) is 11.8. The molecule has 1 N–H and O–H groups in total. The Bertz CT molecular complexity index is 366. The summed E-state index contributed by atoms with van der Waals surface area (Å²) in [6.07, 6.45) is 1.10. The SMILES string of the molecule is O=Cc1ccc(OCCCON=O)c(O)c1. The van der Waals surface area contributed by atoms with Crippen LogP contribution < -0.4 is 4.74 Å². The molecular weight excluding hydrogens is 214 g/mol. The number of nitrogens with zero attached hydrogens (tertiary/aromatic N) is 1. The lowest BCUT2D eigenvalue weighted by molar-refractivity contribution is 0.112. The van der Waals surface area contributed by atoms with Crippen LogP contribution in [-0.4, -0.2) is 24.6 Å². The van der Waals surface area contributed by atoms with E-state index in [9.17, 15) is 14.8 Å². The predicted molar refractivity (Wildman–Crippen MR) is 55.4 cm³/mol. The molecule has 0 radical (unpaired) electrons. The van der Waals surface area contributed by atoms with Gasteiger partial charge < -0.3 is 14.7 Å². The van der Waals surface area contributed by atoms with Crippen molar-refractivity contribution in [1.82, 2.24) is 0 Å². The molecule has 16 heavy (non-hydrogen) atoms. The van der Waals surface area contributed by atoms with Crippen LogP contribution in [0.3, 0.4) is 0 Å². The van der Waals surface area contributed by atoms with E-state index in [2.05, 4.69) is 10.2 Å². The molecule has 0 bridgehead atoms. The lowest BCUT2D eigenvalue weighted by Crippen LogP contribution is -2.01. The first kappa shape index (κ1) is 12.0. The van der Waals surface area contributed by atoms with Crippen LogP contribution in [0.5, 0.6) is 11.5 Å². The highest BCUT2D eigenvalue weighted by Gasteiger charge is 2.03. The van der Waals surface area contributed by atoms with Gasteiger partial charge in [0.25, 0.3) is 0 Å². The molecule has 1 rings (SSSR count). The fourth-order valence-corrected chi connectivity index (χ4v) is 1.07. The quantitative estimate of drug-likeness (QED) is 0.330. The van der Waals surface area contributed by atoms with Crippen LogP contribution in [0.25, 0.3) is 0 Å². The number of phenols is 1. The van der Waals surface area contributed by atoms with E-state index in [0.717, 1.165) is 0 Å². The van der Waals surface area contributed by atoms with Gasteiger partial charge in [-0.3, -0.25) is 4.79 Å².